The van der Waals surface area contributed by atoms with Gasteiger partial charge < -0.3 is 9.84 Å². The molecule has 0 atom stereocenters. The molecule has 5 nitrogen and oxygen atoms in total. The normalized spacial score (nSPS) is 10.8. The Labute approximate surface area is 125 Å². The summed E-state index contributed by atoms with van der Waals surface area (Å²) in [5.74, 6) is 0.915. The Bertz CT molecular complexity index is 549. The molecule has 2 rings (SSSR count). The van der Waals surface area contributed by atoms with Crippen LogP contribution >= 0.6 is 0 Å². The highest BCUT2D eigenvalue weighted by Gasteiger charge is 2.09. The van der Waals surface area contributed by atoms with Gasteiger partial charge in [-0.25, -0.2) is 4.68 Å². The number of benzene rings is 1. The third-order valence-corrected chi connectivity index (χ3v) is 3.46. The molecular weight excluding hydrogens is 266 g/mol. The topological polar surface area (TPSA) is 60.2 Å². The smallest absolute Gasteiger partial charge is 0.119 e. The predicted octanol–water partition coefficient (Wildman–Crippen LogP) is 2.50. The first kappa shape index (κ1) is 15.5. The van der Waals surface area contributed by atoms with Crippen molar-refractivity contribution < 1.29 is 9.84 Å². The van der Waals surface area contributed by atoms with Gasteiger partial charge in [-0.1, -0.05) is 29.8 Å². The Kier molecular flexibility index (Phi) is 5.75. The molecule has 0 saturated heterocycles. The highest BCUT2D eigenvalue weighted by molar-refractivity contribution is 5.26. The van der Waals surface area contributed by atoms with Crippen LogP contribution in [-0.4, -0.2) is 26.7 Å². The maximum absolute atomic E-state index is 9.18. The molecular formula is C16H23N3O2. The Morgan fingerprint density at radius 3 is 2.62 bits per heavy atom. The predicted molar refractivity (Wildman–Crippen MR) is 81.2 cm³/mol. The van der Waals surface area contributed by atoms with Gasteiger partial charge in [0.2, 0.25) is 0 Å². The summed E-state index contributed by atoms with van der Waals surface area (Å²) in [5, 5.41) is 17.3. The molecule has 0 aliphatic heterocycles. The lowest BCUT2D eigenvalue weighted by atomic mass is 10.2. The van der Waals surface area contributed by atoms with E-state index in [9.17, 15) is 5.11 Å². The molecule has 1 aromatic carbocycles. The maximum atomic E-state index is 9.18. The van der Waals surface area contributed by atoms with Gasteiger partial charge in [0.15, 0.2) is 0 Å². The highest BCUT2D eigenvalue weighted by Crippen LogP contribution is 2.12. The van der Waals surface area contributed by atoms with Crippen molar-refractivity contribution in [2.75, 3.05) is 6.61 Å². The van der Waals surface area contributed by atoms with E-state index < -0.39 is 0 Å². The molecule has 0 aliphatic carbocycles. The largest absolute Gasteiger partial charge is 0.494 e. The van der Waals surface area contributed by atoms with Crippen molar-refractivity contribution >= 4 is 0 Å². The van der Waals surface area contributed by atoms with E-state index in [0.717, 1.165) is 37.3 Å². The fourth-order valence-corrected chi connectivity index (χ4v) is 2.25. The maximum Gasteiger partial charge on any atom is 0.119 e. The second kappa shape index (κ2) is 7.78. The molecule has 114 valence electrons. The van der Waals surface area contributed by atoms with Crippen LogP contribution in [0.5, 0.6) is 5.75 Å². The molecule has 1 aromatic heterocycles. The average molecular weight is 289 g/mol. The van der Waals surface area contributed by atoms with E-state index in [2.05, 4.69) is 36.3 Å². The molecule has 5 heteroatoms. The summed E-state index contributed by atoms with van der Waals surface area (Å²) in [4.78, 5) is 0. The SMILES string of the molecule is CCc1c(CO)nnn1CCCCOc1ccc(C)cc1. The van der Waals surface area contributed by atoms with Crippen LogP contribution < -0.4 is 4.74 Å². The fraction of sp³-hybridized carbons (Fsp3) is 0.500. The molecule has 21 heavy (non-hydrogen) atoms. The van der Waals surface area contributed by atoms with Crippen molar-refractivity contribution in [1.29, 1.82) is 0 Å². The second-order valence-corrected chi connectivity index (χ2v) is 5.09. The summed E-state index contributed by atoms with van der Waals surface area (Å²) < 4.78 is 7.58. The number of aliphatic hydroxyl groups is 1. The van der Waals surface area contributed by atoms with Crippen molar-refractivity contribution in [3.05, 3.63) is 41.2 Å². The number of rotatable bonds is 8. The van der Waals surface area contributed by atoms with Crippen molar-refractivity contribution in [2.24, 2.45) is 0 Å². The van der Waals surface area contributed by atoms with E-state index in [1.807, 2.05) is 16.8 Å². The first-order chi connectivity index (χ1) is 10.2. The second-order valence-electron chi connectivity index (χ2n) is 5.09. The van der Waals surface area contributed by atoms with Gasteiger partial charge in [-0.05, 0) is 38.3 Å². The van der Waals surface area contributed by atoms with Crippen LogP contribution in [-0.2, 0) is 19.6 Å². The van der Waals surface area contributed by atoms with E-state index in [-0.39, 0.29) is 6.61 Å². The third-order valence-electron chi connectivity index (χ3n) is 3.46. The van der Waals surface area contributed by atoms with Gasteiger partial charge in [0.1, 0.15) is 11.4 Å². The van der Waals surface area contributed by atoms with Crippen molar-refractivity contribution in [2.45, 2.75) is 46.3 Å². The standard InChI is InChI=1S/C16H23N3O2/c1-3-16-15(12-20)17-18-19(16)10-4-5-11-21-14-8-6-13(2)7-9-14/h6-9,20H,3-5,10-12H2,1-2H3. The Hall–Kier alpha value is -1.88. The lowest BCUT2D eigenvalue weighted by Gasteiger charge is -2.07. The minimum atomic E-state index is -0.0420. The van der Waals surface area contributed by atoms with Gasteiger partial charge in [-0.2, -0.15) is 0 Å². The molecule has 0 aliphatic rings. The number of hydrogen-bond donors (Lipinski definition) is 1. The highest BCUT2D eigenvalue weighted by atomic mass is 16.5. The Balaban J connectivity index is 1.72. The number of aromatic nitrogens is 3. The van der Waals surface area contributed by atoms with E-state index in [1.165, 1.54) is 5.56 Å². The monoisotopic (exact) mass is 289 g/mol. The molecule has 0 fully saturated rings. The molecule has 0 radical (unpaired) electrons. The number of ether oxygens (including phenoxy) is 1. The molecule has 0 amide bonds. The first-order valence-corrected chi connectivity index (χ1v) is 7.46. The summed E-state index contributed by atoms with van der Waals surface area (Å²) in [5.41, 5.74) is 2.95. The zero-order chi connectivity index (χ0) is 15.1. The number of unbranched alkanes of at least 4 members (excludes halogenated alkanes) is 1. The molecule has 0 spiro atoms. The van der Waals surface area contributed by atoms with Gasteiger partial charge in [0, 0.05) is 6.54 Å². The minimum Gasteiger partial charge on any atom is -0.494 e. The quantitative estimate of drug-likeness (QED) is 0.759. The number of nitrogens with zero attached hydrogens (tertiary/aromatic N) is 3. The number of aliphatic hydroxyl groups excluding tert-OH is 1. The summed E-state index contributed by atoms with van der Waals surface area (Å²) in [6, 6.07) is 8.09. The van der Waals surface area contributed by atoms with Crippen LogP contribution in [0.15, 0.2) is 24.3 Å². The first-order valence-electron chi connectivity index (χ1n) is 7.46. The summed E-state index contributed by atoms with van der Waals surface area (Å²) >= 11 is 0. The molecule has 2 aromatic rings. The van der Waals surface area contributed by atoms with Crippen LogP contribution in [0.4, 0.5) is 0 Å². The van der Waals surface area contributed by atoms with Crippen LogP contribution in [0, 0.1) is 6.92 Å². The fourth-order valence-electron chi connectivity index (χ4n) is 2.25. The third kappa shape index (κ3) is 4.29. The molecule has 1 heterocycles. The van der Waals surface area contributed by atoms with Crippen molar-refractivity contribution in [1.82, 2.24) is 15.0 Å². The zero-order valence-electron chi connectivity index (χ0n) is 12.7. The van der Waals surface area contributed by atoms with Gasteiger partial charge in [0.05, 0.1) is 18.9 Å². The average Bonchev–Trinajstić information content (AvgIpc) is 2.90. The Morgan fingerprint density at radius 2 is 1.95 bits per heavy atom. The lowest BCUT2D eigenvalue weighted by molar-refractivity contribution is 0.275. The van der Waals surface area contributed by atoms with Gasteiger partial charge in [-0.3, -0.25) is 0 Å². The van der Waals surface area contributed by atoms with E-state index in [1.54, 1.807) is 0 Å². The van der Waals surface area contributed by atoms with Gasteiger partial charge in [0.25, 0.3) is 0 Å². The lowest BCUT2D eigenvalue weighted by Crippen LogP contribution is -2.07. The molecule has 0 bridgehead atoms. The Morgan fingerprint density at radius 1 is 1.19 bits per heavy atom. The summed E-state index contributed by atoms with van der Waals surface area (Å²) in [7, 11) is 0. The van der Waals surface area contributed by atoms with Crippen LogP contribution in [0.25, 0.3) is 0 Å². The van der Waals surface area contributed by atoms with E-state index in [4.69, 9.17) is 4.74 Å². The van der Waals surface area contributed by atoms with E-state index in [0.29, 0.717) is 12.3 Å². The van der Waals surface area contributed by atoms with Crippen LogP contribution in [0.2, 0.25) is 0 Å². The van der Waals surface area contributed by atoms with Gasteiger partial charge in [-0.15, -0.1) is 5.10 Å². The zero-order valence-corrected chi connectivity index (χ0v) is 12.7. The van der Waals surface area contributed by atoms with Gasteiger partial charge >= 0.3 is 0 Å². The summed E-state index contributed by atoms with van der Waals surface area (Å²) in [6.45, 7) is 5.59. The number of aryl methyl sites for hydroxylation is 2. The minimum absolute atomic E-state index is 0.0420. The van der Waals surface area contributed by atoms with Crippen LogP contribution in [0.1, 0.15) is 36.7 Å². The van der Waals surface area contributed by atoms with Crippen LogP contribution in [0.3, 0.4) is 0 Å². The number of hydrogen-bond acceptors (Lipinski definition) is 4. The molecule has 1 N–H and O–H groups in total. The van der Waals surface area contributed by atoms with E-state index >= 15 is 0 Å². The molecule has 0 unspecified atom stereocenters. The summed E-state index contributed by atoms with van der Waals surface area (Å²) in [6.07, 6.45) is 2.78. The van der Waals surface area contributed by atoms with Crippen molar-refractivity contribution in [3.63, 3.8) is 0 Å². The molecule has 0 saturated carbocycles. The van der Waals surface area contributed by atoms with Crippen molar-refractivity contribution in [3.8, 4) is 5.75 Å².